The van der Waals surface area contributed by atoms with Crippen LogP contribution in [0, 0.1) is 31.3 Å². The van der Waals surface area contributed by atoms with Gasteiger partial charge in [-0.05, 0) is 43.7 Å². The molecule has 2 heterocycles. The largest absolute Gasteiger partial charge is 0.384 e. The summed E-state index contributed by atoms with van der Waals surface area (Å²) in [5, 5.41) is 17.4. The first-order valence-electron chi connectivity index (χ1n) is 10.9. The van der Waals surface area contributed by atoms with E-state index in [4.69, 9.17) is 5.73 Å². The van der Waals surface area contributed by atoms with Crippen LogP contribution < -0.4 is 11.1 Å². The molecule has 0 unspecified atom stereocenters. The van der Waals surface area contributed by atoms with Crippen molar-refractivity contribution >= 4 is 23.1 Å². The third-order valence-electron chi connectivity index (χ3n) is 5.34. The van der Waals surface area contributed by atoms with Crippen LogP contribution in [-0.4, -0.2) is 44.4 Å². The normalized spacial score (nSPS) is 14.2. The molecule has 10 heteroatoms. The number of halogens is 3. The van der Waals surface area contributed by atoms with Gasteiger partial charge in [0.1, 0.15) is 17.2 Å². The lowest BCUT2D eigenvalue weighted by atomic mass is 9.93. The Hall–Kier alpha value is -3.53. The fourth-order valence-electron chi connectivity index (χ4n) is 3.76. The third kappa shape index (κ3) is 5.01. The van der Waals surface area contributed by atoms with Gasteiger partial charge in [0.15, 0.2) is 11.6 Å². The molecule has 1 amide bonds. The van der Waals surface area contributed by atoms with Gasteiger partial charge in [-0.1, -0.05) is 19.9 Å². The number of nitrogens with zero attached hydrogens (tertiary/aromatic N) is 3. The Morgan fingerprint density at radius 1 is 1.12 bits per heavy atom. The molecule has 1 saturated heterocycles. The summed E-state index contributed by atoms with van der Waals surface area (Å²) in [6, 6.07) is 7.83. The monoisotopic (exact) mass is 475 g/mol. The van der Waals surface area contributed by atoms with Gasteiger partial charge < -0.3 is 21.1 Å². The quantitative estimate of drug-likeness (QED) is 0.515. The second kappa shape index (κ2) is 9.76. The number of nitrogens with one attached hydrogen (secondary N) is 1. The highest BCUT2D eigenvalue weighted by molar-refractivity contribution is 6.01. The molecule has 0 radical (unpaired) electrons. The maximum absolute atomic E-state index is 14.6. The minimum atomic E-state index is -1.30. The van der Waals surface area contributed by atoms with Gasteiger partial charge in [0, 0.05) is 6.07 Å². The lowest BCUT2D eigenvalue weighted by Crippen LogP contribution is -2.65. The summed E-state index contributed by atoms with van der Waals surface area (Å²) >= 11 is 0. The smallest absolute Gasteiger partial charge is 0.256 e. The minimum absolute atomic E-state index is 0.0541. The van der Waals surface area contributed by atoms with Crippen molar-refractivity contribution in [3.63, 3.8) is 0 Å². The summed E-state index contributed by atoms with van der Waals surface area (Å²) in [5.74, 6) is -3.40. The Bertz CT molecular complexity index is 1210. The maximum Gasteiger partial charge on any atom is 0.256 e. The van der Waals surface area contributed by atoms with E-state index < -0.39 is 34.6 Å². The van der Waals surface area contributed by atoms with Gasteiger partial charge in [0.2, 0.25) is 0 Å². The van der Waals surface area contributed by atoms with Crippen LogP contribution in [0.5, 0.6) is 0 Å². The molecule has 182 valence electrons. The Kier molecular flexibility index (Phi) is 7.21. The molecule has 7 nitrogen and oxygen atoms in total. The fraction of sp³-hybridized carbons (Fsp3) is 0.333. The summed E-state index contributed by atoms with van der Waals surface area (Å²) < 4.78 is 44.2. The second-order valence-electron chi connectivity index (χ2n) is 8.15. The number of benzene rings is 2. The number of aryl methyl sites for hydroxylation is 2. The van der Waals surface area contributed by atoms with Crippen LogP contribution in [0.1, 0.15) is 35.5 Å². The molecular formula is C24H28F3N5O2. The zero-order valence-corrected chi connectivity index (χ0v) is 19.5. The summed E-state index contributed by atoms with van der Waals surface area (Å²) in [5.41, 5.74) is 5.18. The van der Waals surface area contributed by atoms with Crippen LogP contribution in [0.2, 0.25) is 0 Å². The predicted octanol–water partition coefficient (Wildman–Crippen LogP) is 4.16. The highest BCUT2D eigenvalue weighted by Gasteiger charge is 2.45. The average molecular weight is 476 g/mol. The van der Waals surface area contributed by atoms with E-state index in [1.807, 2.05) is 13.8 Å². The Morgan fingerprint density at radius 2 is 1.79 bits per heavy atom. The van der Waals surface area contributed by atoms with Gasteiger partial charge in [0.05, 0.1) is 42.3 Å². The third-order valence-corrected chi connectivity index (χ3v) is 5.34. The number of hydrogen-bond acceptors (Lipinski definition) is 5. The van der Waals surface area contributed by atoms with Crippen molar-refractivity contribution in [2.45, 2.75) is 39.8 Å². The van der Waals surface area contributed by atoms with Crippen molar-refractivity contribution < 1.29 is 23.1 Å². The van der Waals surface area contributed by atoms with Crippen molar-refractivity contribution in [2.75, 3.05) is 24.1 Å². The molecule has 34 heavy (non-hydrogen) atoms. The van der Waals surface area contributed by atoms with Crippen LogP contribution in [0.25, 0.3) is 0 Å². The molecule has 2 aromatic carbocycles. The van der Waals surface area contributed by atoms with E-state index in [1.54, 1.807) is 26.0 Å². The number of β-amino-alcohol motifs (C(OH)–C–C–N with tert-alkyl or cyclic N) is 1. The molecular weight excluding hydrogens is 447 g/mol. The molecule has 0 bridgehead atoms. The summed E-state index contributed by atoms with van der Waals surface area (Å²) in [4.78, 5) is 14.3. The molecule has 1 aromatic heterocycles. The molecule has 0 spiro atoms. The Balaban J connectivity index is 0.00000158. The molecule has 3 aromatic rings. The zero-order valence-electron chi connectivity index (χ0n) is 19.5. The molecule has 1 aliphatic rings. The number of nitrogens with two attached hydrogens (primary N) is 1. The molecule has 0 saturated carbocycles. The van der Waals surface area contributed by atoms with E-state index in [0.29, 0.717) is 17.1 Å². The summed E-state index contributed by atoms with van der Waals surface area (Å²) in [7, 11) is 0. The van der Waals surface area contributed by atoms with Gasteiger partial charge >= 0.3 is 0 Å². The number of amides is 1. The number of aromatic nitrogens is 2. The number of anilines is 3. The van der Waals surface area contributed by atoms with E-state index >= 15 is 0 Å². The summed E-state index contributed by atoms with van der Waals surface area (Å²) in [6.07, 6.45) is 0. The number of hydrogen-bond donors (Lipinski definition) is 3. The van der Waals surface area contributed by atoms with E-state index in [9.17, 15) is 23.1 Å². The molecule has 1 fully saturated rings. The first-order chi connectivity index (χ1) is 16.1. The minimum Gasteiger partial charge on any atom is -0.384 e. The SMILES string of the molecule is CC.Cc1ccc(Nc2c(C(=O)N3CC(O)(Cn4nc(C)cc4N)C3)ccc(F)c2F)c(F)c1. The molecule has 4 rings (SSSR count). The number of likely N-dealkylation sites (tertiary alicyclic amines) is 1. The summed E-state index contributed by atoms with van der Waals surface area (Å²) in [6.45, 7) is 7.42. The number of aliphatic hydroxyl groups is 1. The van der Waals surface area contributed by atoms with Gasteiger partial charge in [0.25, 0.3) is 5.91 Å². The molecule has 4 N–H and O–H groups in total. The van der Waals surface area contributed by atoms with Gasteiger partial charge in [-0.2, -0.15) is 5.10 Å². The number of rotatable bonds is 5. The van der Waals surface area contributed by atoms with Crippen LogP contribution in [0.3, 0.4) is 0 Å². The zero-order chi connectivity index (χ0) is 25.2. The van der Waals surface area contributed by atoms with Crippen LogP contribution in [0.4, 0.5) is 30.4 Å². The lowest BCUT2D eigenvalue weighted by Gasteiger charge is -2.46. The van der Waals surface area contributed by atoms with Crippen molar-refractivity contribution in [1.29, 1.82) is 0 Å². The van der Waals surface area contributed by atoms with E-state index in [1.165, 1.54) is 21.7 Å². The Labute approximate surface area is 196 Å². The van der Waals surface area contributed by atoms with Gasteiger partial charge in [-0.15, -0.1) is 0 Å². The van der Waals surface area contributed by atoms with Gasteiger partial charge in [-0.3, -0.25) is 4.79 Å². The van der Waals surface area contributed by atoms with E-state index in [2.05, 4.69) is 10.4 Å². The van der Waals surface area contributed by atoms with Crippen molar-refractivity contribution in [3.8, 4) is 0 Å². The second-order valence-corrected chi connectivity index (χ2v) is 8.15. The van der Waals surface area contributed by atoms with E-state index in [0.717, 1.165) is 12.1 Å². The van der Waals surface area contributed by atoms with E-state index in [-0.39, 0.29) is 30.9 Å². The lowest BCUT2D eigenvalue weighted by molar-refractivity contribution is -0.0924. The maximum atomic E-state index is 14.6. The number of nitrogen functional groups attached to an aromatic ring is 1. The topological polar surface area (TPSA) is 96.4 Å². The first kappa shape index (κ1) is 25.1. The Morgan fingerprint density at radius 3 is 2.38 bits per heavy atom. The number of carbonyl (C=O) groups is 1. The van der Waals surface area contributed by atoms with Gasteiger partial charge in [-0.25, -0.2) is 17.9 Å². The van der Waals surface area contributed by atoms with Crippen LogP contribution in [-0.2, 0) is 6.54 Å². The van der Waals surface area contributed by atoms with Crippen molar-refractivity contribution in [2.24, 2.45) is 0 Å². The molecule has 0 aliphatic carbocycles. The van der Waals surface area contributed by atoms with Crippen molar-refractivity contribution in [1.82, 2.24) is 14.7 Å². The first-order valence-corrected chi connectivity index (χ1v) is 10.9. The van der Waals surface area contributed by atoms with Crippen molar-refractivity contribution in [3.05, 3.63) is 70.7 Å². The number of carbonyl (C=O) groups excluding carboxylic acids is 1. The predicted molar refractivity (Wildman–Crippen MR) is 124 cm³/mol. The van der Waals surface area contributed by atoms with Crippen LogP contribution in [0.15, 0.2) is 36.4 Å². The standard InChI is InChI=1S/C22H22F3N5O2.C2H6/c1-12-3-6-17(16(24)7-12)27-20-14(4-5-15(23)19(20)25)21(31)29-9-22(32,10-29)11-30-18(26)8-13(2)28-30;1-2/h3-8,27,32H,9-11,26H2,1-2H3;1-2H3. The van der Waals surface area contributed by atoms with Crippen LogP contribution >= 0.6 is 0 Å². The molecule has 0 atom stereocenters. The molecule has 1 aliphatic heterocycles. The fourth-order valence-corrected chi connectivity index (χ4v) is 3.76. The highest BCUT2D eigenvalue weighted by Crippen LogP contribution is 2.32. The highest BCUT2D eigenvalue weighted by atomic mass is 19.2. The average Bonchev–Trinajstić information content (AvgIpc) is 3.08.